The fourth-order valence-corrected chi connectivity index (χ4v) is 3.52. The van der Waals surface area contributed by atoms with Gasteiger partial charge in [0.05, 0.1) is 25.0 Å². The molecule has 0 saturated carbocycles. The topological polar surface area (TPSA) is 158 Å². The summed E-state index contributed by atoms with van der Waals surface area (Å²) in [5.74, 6) is 1.14. The van der Waals surface area contributed by atoms with Crippen molar-refractivity contribution in [2.24, 2.45) is 5.73 Å². The second-order valence-corrected chi connectivity index (χ2v) is 7.34. The van der Waals surface area contributed by atoms with Crippen LogP contribution in [0.5, 0.6) is 23.1 Å². The summed E-state index contributed by atoms with van der Waals surface area (Å²) in [5, 5.41) is 15.9. The number of aromatic nitrogens is 2. The number of ether oxygens (including phenoxy) is 3. The molecule has 3 aromatic carbocycles. The highest BCUT2D eigenvalue weighted by atomic mass is 16.5. The van der Waals surface area contributed by atoms with Crippen LogP contribution in [0.4, 0.5) is 16.4 Å². The number of carbonyl (C=O) groups excluding carboxylic acids is 2. The van der Waals surface area contributed by atoms with E-state index in [4.69, 9.17) is 25.1 Å². The second kappa shape index (κ2) is 11.0. The lowest BCUT2D eigenvalue weighted by Gasteiger charge is -2.15. The van der Waals surface area contributed by atoms with Gasteiger partial charge in [0.1, 0.15) is 11.5 Å². The second-order valence-electron chi connectivity index (χ2n) is 7.34. The molecule has 4 aromatic rings. The van der Waals surface area contributed by atoms with Crippen molar-refractivity contribution in [2.45, 2.75) is 0 Å². The molecule has 1 heterocycles. The third-order valence-corrected chi connectivity index (χ3v) is 5.01. The lowest BCUT2D eigenvalue weighted by molar-refractivity contribution is 0.0941. The molecule has 0 bridgehead atoms. The highest BCUT2D eigenvalue weighted by Crippen LogP contribution is 2.36. The molecule has 36 heavy (non-hydrogen) atoms. The van der Waals surface area contributed by atoms with Gasteiger partial charge in [-0.3, -0.25) is 4.79 Å². The lowest BCUT2D eigenvalue weighted by Crippen LogP contribution is -2.26. The molecule has 1 aromatic heterocycles. The molecule has 11 heteroatoms. The molecule has 11 nitrogen and oxygen atoms in total. The molecule has 0 spiro atoms. The number of carbonyl (C=O) groups is 2. The normalized spacial score (nSPS) is 10.5. The van der Waals surface area contributed by atoms with Gasteiger partial charge in [0, 0.05) is 29.6 Å². The largest absolute Gasteiger partial charge is 0.494 e. The smallest absolute Gasteiger partial charge is 0.409 e. The number of primary amides is 1. The number of rotatable bonds is 9. The van der Waals surface area contributed by atoms with Crippen molar-refractivity contribution in [3.8, 4) is 23.1 Å². The summed E-state index contributed by atoms with van der Waals surface area (Å²) in [4.78, 5) is 32.3. The highest BCUT2D eigenvalue weighted by molar-refractivity contribution is 5.99. The Morgan fingerprint density at radius 3 is 2.47 bits per heavy atom. The number of methoxy groups -OCH3 is 1. The third-order valence-electron chi connectivity index (χ3n) is 5.01. The van der Waals surface area contributed by atoms with Crippen LogP contribution in [-0.4, -0.2) is 47.3 Å². The lowest BCUT2D eigenvalue weighted by atomic mass is 10.1. The molecular weight excluding hydrogens is 466 g/mol. The summed E-state index contributed by atoms with van der Waals surface area (Å²) >= 11 is 0. The van der Waals surface area contributed by atoms with Crippen molar-refractivity contribution < 1.29 is 28.9 Å². The maximum Gasteiger partial charge on any atom is 0.409 e. The van der Waals surface area contributed by atoms with Gasteiger partial charge in [-0.15, -0.1) is 0 Å². The number of hydrogen-bond donors (Lipinski definition) is 4. The van der Waals surface area contributed by atoms with Crippen molar-refractivity contribution in [3.63, 3.8) is 0 Å². The van der Waals surface area contributed by atoms with Gasteiger partial charge in [-0.2, -0.15) is 4.98 Å². The molecular formula is C25H23N5O6. The van der Waals surface area contributed by atoms with Gasteiger partial charge in [0.2, 0.25) is 11.8 Å². The third kappa shape index (κ3) is 5.42. The number of aliphatic hydroxyl groups excluding tert-OH is 1. The highest BCUT2D eigenvalue weighted by Gasteiger charge is 2.17. The monoisotopic (exact) mass is 489 g/mol. The Balaban J connectivity index is 1.60. The fourth-order valence-electron chi connectivity index (χ4n) is 3.52. The van der Waals surface area contributed by atoms with E-state index in [-0.39, 0.29) is 30.5 Å². The molecule has 0 fully saturated rings. The molecule has 184 valence electrons. The first kappa shape index (κ1) is 24.2. The Hall–Kier alpha value is -4.90. The van der Waals surface area contributed by atoms with Crippen molar-refractivity contribution >= 4 is 34.4 Å². The molecule has 0 aliphatic carbocycles. The van der Waals surface area contributed by atoms with Crippen LogP contribution in [0.15, 0.2) is 66.9 Å². The number of para-hydroxylation sites is 1. The minimum Gasteiger partial charge on any atom is -0.494 e. The Bertz CT molecular complexity index is 1410. The summed E-state index contributed by atoms with van der Waals surface area (Å²) in [7, 11) is 1.44. The first-order valence-corrected chi connectivity index (χ1v) is 10.8. The van der Waals surface area contributed by atoms with E-state index in [1.165, 1.54) is 13.3 Å². The van der Waals surface area contributed by atoms with Crippen LogP contribution in [0.1, 0.15) is 10.4 Å². The van der Waals surface area contributed by atoms with Crippen LogP contribution < -0.4 is 30.6 Å². The zero-order valence-corrected chi connectivity index (χ0v) is 19.2. The van der Waals surface area contributed by atoms with Crippen LogP contribution in [0.2, 0.25) is 0 Å². The molecule has 0 unspecified atom stereocenters. The molecule has 5 N–H and O–H groups in total. The van der Waals surface area contributed by atoms with Crippen LogP contribution in [0.25, 0.3) is 10.8 Å². The summed E-state index contributed by atoms with van der Waals surface area (Å²) in [6.45, 7) is -0.0603. The average molecular weight is 489 g/mol. The number of aliphatic hydroxyl groups is 1. The summed E-state index contributed by atoms with van der Waals surface area (Å²) in [6, 6.07) is 17.0. The summed E-state index contributed by atoms with van der Waals surface area (Å²) in [5.41, 5.74) is 5.92. The minimum absolute atomic E-state index is 0.118. The number of benzene rings is 3. The van der Waals surface area contributed by atoms with Gasteiger partial charge in [0.15, 0.2) is 5.75 Å². The summed E-state index contributed by atoms with van der Waals surface area (Å²) < 4.78 is 16.5. The van der Waals surface area contributed by atoms with E-state index >= 15 is 0 Å². The Morgan fingerprint density at radius 2 is 1.75 bits per heavy atom. The number of amides is 2. The molecule has 0 saturated heterocycles. The van der Waals surface area contributed by atoms with Gasteiger partial charge in [-0.05, 0) is 24.3 Å². The maximum atomic E-state index is 12.4. The van der Waals surface area contributed by atoms with Gasteiger partial charge >= 0.3 is 6.09 Å². The Labute approximate surface area is 205 Å². The van der Waals surface area contributed by atoms with Crippen LogP contribution in [0, 0.1) is 0 Å². The van der Waals surface area contributed by atoms with E-state index in [1.807, 2.05) is 12.1 Å². The maximum absolute atomic E-state index is 12.4. The van der Waals surface area contributed by atoms with Crippen LogP contribution in [-0.2, 0) is 0 Å². The first-order chi connectivity index (χ1) is 17.5. The van der Waals surface area contributed by atoms with Crippen LogP contribution >= 0.6 is 0 Å². The van der Waals surface area contributed by atoms with E-state index < -0.39 is 12.0 Å². The molecule has 0 aliphatic heterocycles. The number of fused-ring (bicyclic) bond motifs is 1. The van der Waals surface area contributed by atoms with Crippen molar-refractivity contribution in [3.05, 3.63) is 72.4 Å². The minimum atomic E-state index is -0.911. The van der Waals surface area contributed by atoms with E-state index in [9.17, 15) is 9.59 Å². The average Bonchev–Trinajstić information content (AvgIpc) is 2.88. The first-order valence-electron chi connectivity index (χ1n) is 10.8. The van der Waals surface area contributed by atoms with E-state index in [2.05, 4.69) is 20.6 Å². The predicted octanol–water partition coefficient (Wildman–Crippen LogP) is 3.35. The number of nitrogens with zero attached hydrogens (tertiary/aromatic N) is 2. The van der Waals surface area contributed by atoms with Gasteiger partial charge in [-0.1, -0.05) is 30.3 Å². The number of hydrogen-bond acceptors (Lipinski definition) is 9. The van der Waals surface area contributed by atoms with Gasteiger partial charge in [-0.25, -0.2) is 9.78 Å². The van der Waals surface area contributed by atoms with Gasteiger partial charge in [0.25, 0.3) is 5.91 Å². The van der Waals surface area contributed by atoms with Crippen LogP contribution in [0.3, 0.4) is 0 Å². The number of nitrogens with two attached hydrogens (primary N) is 1. The van der Waals surface area contributed by atoms with E-state index in [1.54, 1.807) is 48.5 Å². The van der Waals surface area contributed by atoms with E-state index in [0.717, 1.165) is 0 Å². The van der Waals surface area contributed by atoms with Crippen molar-refractivity contribution in [1.29, 1.82) is 0 Å². The molecule has 0 atom stereocenters. The Morgan fingerprint density at radius 1 is 1.00 bits per heavy atom. The molecule has 2 amide bonds. The zero-order valence-electron chi connectivity index (χ0n) is 19.2. The van der Waals surface area contributed by atoms with Gasteiger partial charge < -0.3 is 35.7 Å². The molecule has 4 rings (SSSR count). The predicted molar refractivity (Wildman–Crippen MR) is 132 cm³/mol. The number of nitrogens with one attached hydrogen (secondary N) is 2. The quantitative estimate of drug-likeness (QED) is 0.277. The number of anilines is 2. The molecule has 0 radical (unpaired) electrons. The van der Waals surface area contributed by atoms with E-state index in [0.29, 0.717) is 33.7 Å². The Kier molecular flexibility index (Phi) is 7.42. The van der Waals surface area contributed by atoms with Crippen molar-refractivity contribution in [2.75, 3.05) is 25.6 Å². The van der Waals surface area contributed by atoms with Crippen molar-refractivity contribution in [1.82, 2.24) is 15.3 Å². The summed E-state index contributed by atoms with van der Waals surface area (Å²) in [6.07, 6.45) is 0.604. The molecule has 0 aliphatic rings. The standard InChI is InChI=1S/C25H23N5O6/c1-34-22-17(23(32)27-13-14-31)7-4-8-18(22)29-25-28-12-11-21(30-25)35-19-9-10-20(36-24(26)33)16-6-3-2-5-15(16)19/h2-12,31H,13-14H2,1H3,(H2,26,33)(H,27,32)(H,28,29,30). The zero-order chi connectivity index (χ0) is 25.5. The fraction of sp³-hybridized carbons (Fsp3) is 0.120. The SMILES string of the molecule is COc1c(Nc2nccc(Oc3ccc(OC(N)=O)c4ccccc34)n2)cccc1C(=O)NCCO.